The van der Waals surface area contributed by atoms with E-state index in [2.05, 4.69) is 23.1 Å². The zero-order valence-corrected chi connectivity index (χ0v) is 8.19. The van der Waals surface area contributed by atoms with E-state index in [1.165, 1.54) is 0 Å². The monoisotopic (exact) mass is 208 g/mol. The maximum Gasteiger partial charge on any atom is 0.352 e. The smallest absolute Gasteiger partial charge is 0.335 e. The zero-order chi connectivity index (χ0) is 11.3. The number of hydrogen-bond acceptors (Lipinski definition) is 4. The first kappa shape index (κ1) is 11.0. The molecule has 0 saturated carbocycles. The summed E-state index contributed by atoms with van der Waals surface area (Å²) in [5, 5.41) is 0. The number of H-pyrrole nitrogens is 2. The van der Waals surface area contributed by atoms with Crippen LogP contribution in [0.5, 0.6) is 0 Å². The molecule has 2 N–H and O–H groups in total. The normalized spacial score (nSPS) is 9.60. The number of aromatic amines is 2. The molecule has 0 spiro atoms. The SMILES string of the molecule is C=CCN(CC=C)c1nc(=O)[nH]c(=O)[nH]1. The van der Waals surface area contributed by atoms with Gasteiger partial charge < -0.3 is 4.90 Å². The molecule has 0 fully saturated rings. The van der Waals surface area contributed by atoms with Crippen LogP contribution in [0.2, 0.25) is 0 Å². The van der Waals surface area contributed by atoms with E-state index < -0.39 is 11.4 Å². The van der Waals surface area contributed by atoms with Crippen LogP contribution in [0.4, 0.5) is 5.95 Å². The molecule has 0 saturated heterocycles. The molecule has 6 heteroatoms. The van der Waals surface area contributed by atoms with Crippen LogP contribution < -0.4 is 16.3 Å². The summed E-state index contributed by atoms with van der Waals surface area (Å²) in [4.78, 5) is 31.7. The van der Waals surface area contributed by atoms with E-state index >= 15 is 0 Å². The summed E-state index contributed by atoms with van der Waals surface area (Å²) >= 11 is 0. The van der Waals surface area contributed by atoms with E-state index in [1.54, 1.807) is 17.1 Å². The molecule has 0 radical (unpaired) electrons. The molecule has 0 atom stereocenters. The third-order valence-electron chi connectivity index (χ3n) is 1.65. The lowest BCUT2D eigenvalue weighted by atomic mass is 10.5. The molecule has 0 amide bonds. The Morgan fingerprint density at radius 1 is 1.20 bits per heavy atom. The summed E-state index contributed by atoms with van der Waals surface area (Å²) in [6, 6.07) is 0. The number of aromatic nitrogens is 3. The highest BCUT2D eigenvalue weighted by atomic mass is 16.2. The number of rotatable bonds is 5. The van der Waals surface area contributed by atoms with Crippen molar-refractivity contribution in [3.63, 3.8) is 0 Å². The Hall–Kier alpha value is -2.11. The first-order valence-corrected chi connectivity index (χ1v) is 4.34. The van der Waals surface area contributed by atoms with Crippen LogP contribution in [0, 0.1) is 0 Å². The second-order valence-corrected chi connectivity index (χ2v) is 2.80. The van der Waals surface area contributed by atoms with Crippen molar-refractivity contribution < 1.29 is 0 Å². The molecule has 0 aliphatic carbocycles. The van der Waals surface area contributed by atoms with Gasteiger partial charge in [0.15, 0.2) is 0 Å². The number of hydrogen-bond donors (Lipinski definition) is 2. The maximum atomic E-state index is 11.0. The summed E-state index contributed by atoms with van der Waals surface area (Å²) in [7, 11) is 0. The van der Waals surface area contributed by atoms with Gasteiger partial charge >= 0.3 is 11.4 Å². The molecule has 1 aromatic rings. The fourth-order valence-corrected chi connectivity index (χ4v) is 1.09. The average molecular weight is 208 g/mol. The molecular formula is C9H12N4O2. The highest BCUT2D eigenvalue weighted by molar-refractivity contribution is 5.29. The molecule has 1 aromatic heterocycles. The standard InChI is InChI=1S/C9H12N4O2/c1-3-5-13(6-4-2)7-10-8(14)12-9(15)11-7/h3-4H,1-2,5-6H2,(H2,10,11,12,14,15). The van der Waals surface area contributed by atoms with Gasteiger partial charge in [-0.1, -0.05) is 12.2 Å². The van der Waals surface area contributed by atoms with Gasteiger partial charge in [-0.05, 0) is 0 Å². The second kappa shape index (κ2) is 4.94. The predicted octanol–water partition coefficient (Wildman–Crippen LogP) is -0.363. The van der Waals surface area contributed by atoms with E-state index in [0.717, 1.165) is 0 Å². The summed E-state index contributed by atoms with van der Waals surface area (Å²) in [6.45, 7) is 8.08. The van der Waals surface area contributed by atoms with Gasteiger partial charge in [-0.2, -0.15) is 4.98 Å². The van der Waals surface area contributed by atoms with Gasteiger partial charge in [0.05, 0.1) is 0 Å². The van der Waals surface area contributed by atoms with Gasteiger partial charge in [0.25, 0.3) is 0 Å². The van der Waals surface area contributed by atoms with E-state index in [4.69, 9.17) is 0 Å². The maximum absolute atomic E-state index is 11.0. The van der Waals surface area contributed by atoms with Crippen molar-refractivity contribution in [3.05, 3.63) is 46.3 Å². The molecule has 0 aromatic carbocycles. The quantitative estimate of drug-likeness (QED) is 0.647. The van der Waals surface area contributed by atoms with Gasteiger partial charge in [-0.3, -0.25) is 9.97 Å². The van der Waals surface area contributed by atoms with E-state index in [9.17, 15) is 9.59 Å². The van der Waals surface area contributed by atoms with Crippen LogP contribution in [0.3, 0.4) is 0 Å². The molecule has 0 aliphatic rings. The molecule has 6 nitrogen and oxygen atoms in total. The predicted molar refractivity (Wildman–Crippen MR) is 58.1 cm³/mol. The zero-order valence-electron chi connectivity index (χ0n) is 8.19. The lowest BCUT2D eigenvalue weighted by Crippen LogP contribution is -2.33. The topological polar surface area (TPSA) is 81.8 Å². The van der Waals surface area contributed by atoms with Gasteiger partial charge in [-0.15, -0.1) is 13.2 Å². The van der Waals surface area contributed by atoms with Gasteiger partial charge in [0.1, 0.15) is 0 Å². The summed E-state index contributed by atoms with van der Waals surface area (Å²) < 4.78 is 0. The minimum atomic E-state index is -0.674. The number of nitrogens with zero attached hydrogens (tertiary/aromatic N) is 2. The van der Waals surface area contributed by atoms with Crippen molar-refractivity contribution in [3.8, 4) is 0 Å². The van der Waals surface area contributed by atoms with Crippen LogP contribution in [-0.2, 0) is 0 Å². The van der Waals surface area contributed by atoms with Gasteiger partial charge in [0.2, 0.25) is 5.95 Å². The minimum absolute atomic E-state index is 0.212. The van der Waals surface area contributed by atoms with Crippen molar-refractivity contribution in [1.82, 2.24) is 15.0 Å². The molecule has 0 aliphatic heterocycles. The number of anilines is 1. The van der Waals surface area contributed by atoms with Crippen molar-refractivity contribution >= 4 is 5.95 Å². The molecule has 1 heterocycles. The second-order valence-electron chi connectivity index (χ2n) is 2.80. The Labute approximate surface area is 86.0 Å². The first-order valence-electron chi connectivity index (χ1n) is 4.34. The van der Waals surface area contributed by atoms with Crippen LogP contribution in [0.1, 0.15) is 0 Å². The van der Waals surface area contributed by atoms with Gasteiger partial charge in [-0.25, -0.2) is 9.59 Å². The third kappa shape index (κ3) is 2.94. The molecule has 0 unspecified atom stereocenters. The molecule has 15 heavy (non-hydrogen) atoms. The van der Waals surface area contributed by atoms with Crippen LogP contribution in [0.25, 0.3) is 0 Å². The van der Waals surface area contributed by atoms with E-state index in [0.29, 0.717) is 13.1 Å². The third-order valence-corrected chi connectivity index (χ3v) is 1.65. The van der Waals surface area contributed by atoms with E-state index in [-0.39, 0.29) is 5.95 Å². The van der Waals surface area contributed by atoms with Crippen molar-refractivity contribution in [1.29, 1.82) is 0 Å². The Kier molecular flexibility index (Phi) is 3.61. The van der Waals surface area contributed by atoms with Crippen LogP contribution in [-0.4, -0.2) is 28.0 Å². The van der Waals surface area contributed by atoms with Crippen molar-refractivity contribution in [2.45, 2.75) is 0 Å². The Morgan fingerprint density at radius 3 is 2.27 bits per heavy atom. The van der Waals surface area contributed by atoms with Crippen molar-refractivity contribution in [2.24, 2.45) is 0 Å². The largest absolute Gasteiger partial charge is 0.352 e. The lowest BCUT2D eigenvalue weighted by Gasteiger charge is -2.18. The average Bonchev–Trinajstić information content (AvgIpc) is 2.16. The highest BCUT2D eigenvalue weighted by Crippen LogP contribution is 2.00. The van der Waals surface area contributed by atoms with Crippen molar-refractivity contribution in [2.75, 3.05) is 18.0 Å². The van der Waals surface area contributed by atoms with Crippen LogP contribution >= 0.6 is 0 Å². The first-order chi connectivity index (χ1) is 7.17. The number of nitrogens with one attached hydrogen (secondary N) is 2. The molecule has 80 valence electrons. The van der Waals surface area contributed by atoms with Gasteiger partial charge in [0, 0.05) is 13.1 Å². The molecular weight excluding hydrogens is 196 g/mol. The molecule has 0 bridgehead atoms. The highest BCUT2D eigenvalue weighted by Gasteiger charge is 2.06. The Morgan fingerprint density at radius 2 is 1.80 bits per heavy atom. The fourth-order valence-electron chi connectivity index (χ4n) is 1.09. The Balaban J connectivity index is 3.09. The molecule has 1 rings (SSSR count). The summed E-state index contributed by atoms with van der Waals surface area (Å²) in [5.41, 5.74) is -1.25. The minimum Gasteiger partial charge on any atom is -0.335 e. The van der Waals surface area contributed by atoms with Crippen LogP contribution in [0.15, 0.2) is 34.9 Å². The lowest BCUT2D eigenvalue weighted by molar-refractivity contribution is 0.835. The Bertz CT molecular complexity index is 421. The fraction of sp³-hybridized carbons (Fsp3) is 0.222. The summed E-state index contributed by atoms with van der Waals surface area (Å²) in [5.74, 6) is 0.212. The van der Waals surface area contributed by atoms with E-state index in [1.807, 2.05) is 4.98 Å². The summed E-state index contributed by atoms with van der Waals surface area (Å²) in [6.07, 6.45) is 3.29.